The van der Waals surface area contributed by atoms with Crippen LogP contribution in [-0.4, -0.2) is 18.6 Å². The molecule has 3 nitrogen and oxygen atoms in total. The summed E-state index contributed by atoms with van der Waals surface area (Å²) < 4.78 is 18.4. The van der Waals surface area contributed by atoms with Crippen molar-refractivity contribution in [3.63, 3.8) is 0 Å². The molecule has 1 aliphatic rings. The summed E-state index contributed by atoms with van der Waals surface area (Å²) in [6.45, 7) is 3.99. The third kappa shape index (κ3) is 1.75. The summed E-state index contributed by atoms with van der Waals surface area (Å²) in [4.78, 5) is 11.5. The third-order valence-corrected chi connectivity index (χ3v) is 2.76. The molecule has 1 heterocycles. The van der Waals surface area contributed by atoms with Crippen LogP contribution in [0.3, 0.4) is 0 Å². The van der Waals surface area contributed by atoms with Crippen molar-refractivity contribution < 1.29 is 13.9 Å². The first-order chi connectivity index (χ1) is 7.63. The van der Waals surface area contributed by atoms with Gasteiger partial charge in [-0.25, -0.2) is 9.18 Å². The average Bonchev–Trinajstić information content (AvgIpc) is 2.70. The molecule has 1 atom stereocenters. The van der Waals surface area contributed by atoms with E-state index in [4.69, 9.17) is 4.74 Å². The zero-order valence-corrected chi connectivity index (χ0v) is 9.34. The molecule has 0 amide bonds. The molecule has 0 saturated carbocycles. The van der Waals surface area contributed by atoms with Crippen LogP contribution in [0.5, 0.6) is 0 Å². The molecular formula is C12H14FNO2. The van der Waals surface area contributed by atoms with E-state index in [0.717, 1.165) is 11.3 Å². The van der Waals surface area contributed by atoms with Gasteiger partial charge >= 0.3 is 5.97 Å². The van der Waals surface area contributed by atoms with Gasteiger partial charge < -0.3 is 10.1 Å². The molecule has 86 valence electrons. The lowest BCUT2D eigenvalue weighted by molar-refractivity contribution is -0.143. The fourth-order valence-electron chi connectivity index (χ4n) is 1.95. The van der Waals surface area contributed by atoms with Gasteiger partial charge in [0.05, 0.1) is 6.61 Å². The second-order valence-corrected chi connectivity index (χ2v) is 3.87. The Balaban J connectivity index is 2.24. The van der Waals surface area contributed by atoms with E-state index in [0.29, 0.717) is 18.6 Å². The Morgan fingerprint density at radius 2 is 2.38 bits per heavy atom. The molecule has 1 N–H and O–H groups in total. The van der Waals surface area contributed by atoms with Gasteiger partial charge in [-0.1, -0.05) is 6.07 Å². The quantitative estimate of drug-likeness (QED) is 0.780. The number of hydrogen-bond donors (Lipinski definition) is 1. The van der Waals surface area contributed by atoms with Crippen LogP contribution in [0, 0.1) is 12.7 Å². The molecule has 0 saturated heterocycles. The van der Waals surface area contributed by atoms with Gasteiger partial charge in [0, 0.05) is 17.7 Å². The predicted molar refractivity (Wildman–Crippen MR) is 58.9 cm³/mol. The zero-order chi connectivity index (χ0) is 11.7. The summed E-state index contributed by atoms with van der Waals surface area (Å²) in [7, 11) is 0. The number of ether oxygens (including phenoxy) is 1. The van der Waals surface area contributed by atoms with E-state index in [1.165, 1.54) is 6.07 Å². The first-order valence-corrected chi connectivity index (χ1v) is 5.34. The Bertz CT molecular complexity index is 400. The number of esters is 1. The Morgan fingerprint density at radius 1 is 1.62 bits per heavy atom. The predicted octanol–water partition coefficient (Wildman–Crippen LogP) is 2.03. The fraction of sp³-hybridized carbons (Fsp3) is 0.417. The lowest BCUT2D eigenvalue weighted by Crippen LogP contribution is -2.29. The second-order valence-electron chi connectivity index (χ2n) is 3.87. The summed E-state index contributed by atoms with van der Waals surface area (Å²) in [5.74, 6) is -0.586. The van der Waals surface area contributed by atoms with Gasteiger partial charge in [-0.15, -0.1) is 0 Å². The molecule has 1 aliphatic heterocycles. The number of rotatable bonds is 2. The topological polar surface area (TPSA) is 38.3 Å². The Morgan fingerprint density at radius 3 is 3.00 bits per heavy atom. The van der Waals surface area contributed by atoms with Crippen molar-refractivity contribution >= 4 is 11.7 Å². The van der Waals surface area contributed by atoms with Crippen LogP contribution in [0.4, 0.5) is 10.1 Å². The highest BCUT2D eigenvalue weighted by Gasteiger charge is 2.30. The first kappa shape index (κ1) is 10.9. The number of benzene rings is 1. The number of nitrogens with one attached hydrogen (secondary N) is 1. The molecule has 0 fully saturated rings. The van der Waals surface area contributed by atoms with E-state index >= 15 is 0 Å². The van der Waals surface area contributed by atoms with Crippen molar-refractivity contribution in [2.45, 2.75) is 26.3 Å². The van der Waals surface area contributed by atoms with Gasteiger partial charge in [-0.3, -0.25) is 0 Å². The highest BCUT2D eigenvalue weighted by Crippen LogP contribution is 2.31. The van der Waals surface area contributed by atoms with Crippen LogP contribution in [0.1, 0.15) is 18.1 Å². The smallest absolute Gasteiger partial charge is 0.328 e. The van der Waals surface area contributed by atoms with E-state index in [2.05, 4.69) is 5.32 Å². The van der Waals surface area contributed by atoms with Crippen molar-refractivity contribution in [2.75, 3.05) is 11.9 Å². The first-order valence-electron chi connectivity index (χ1n) is 5.34. The van der Waals surface area contributed by atoms with Gasteiger partial charge in [0.2, 0.25) is 0 Å². The maximum Gasteiger partial charge on any atom is 0.328 e. The fourth-order valence-corrected chi connectivity index (χ4v) is 1.95. The Kier molecular flexibility index (Phi) is 2.81. The number of fused-ring (bicyclic) bond motifs is 1. The molecule has 16 heavy (non-hydrogen) atoms. The average molecular weight is 223 g/mol. The summed E-state index contributed by atoms with van der Waals surface area (Å²) in [5, 5.41) is 3.01. The second kappa shape index (κ2) is 4.12. The Labute approximate surface area is 93.6 Å². The van der Waals surface area contributed by atoms with Gasteiger partial charge in [-0.05, 0) is 25.5 Å². The molecule has 0 bridgehead atoms. The maximum absolute atomic E-state index is 13.5. The summed E-state index contributed by atoms with van der Waals surface area (Å²) in [5.41, 5.74) is 2.26. The van der Waals surface area contributed by atoms with Crippen LogP contribution in [0.15, 0.2) is 12.1 Å². The summed E-state index contributed by atoms with van der Waals surface area (Å²) in [6.07, 6.45) is 0.363. The third-order valence-electron chi connectivity index (χ3n) is 2.76. The van der Waals surface area contributed by atoms with Crippen molar-refractivity contribution in [2.24, 2.45) is 0 Å². The van der Waals surface area contributed by atoms with Gasteiger partial charge in [0.25, 0.3) is 0 Å². The van der Waals surface area contributed by atoms with E-state index in [9.17, 15) is 9.18 Å². The van der Waals surface area contributed by atoms with Crippen LogP contribution in [-0.2, 0) is 16.0 Å². The molecule has 0 aromatic heterocycles. The Hall–Kier alpha value is -1.58. The van der Waals surface area contributed by atoms with Crippen LogP contribution in [0.2, 0.25) is 0 Å². The standard InChI is InChI=1S/C12H14FNO2/c1-3-16-12(15)10-6-8-9(13)5-4-7(2)11(8)14-10/h4-5,10,14H,3,6H2,1-2H3/t10-/m0/s1. The monoisotopic (exact) mass is 223 g/mol. The van der Waals surface area contributed by atoms with E-state index in [-0.39, 0.29) is 11.8 Å². The molecule has 1 aromatic carbocycles. The van der Waals surface area contributed by atoms with Crippen molar-refractivity contribution in [1.29, 1.82) is 0 Å². The molecular weight excluding hydrogens is 209 g/mol. The number of anilines is 1. The highest BCUT2D eigenvalue weighted by atomic mass is 19.1. The molecule has 0 unspecified atom stereocenters. The van der Waals surface area contributed by atoms with Crippen LogP contribution < -0.4 is 5.32 Å². The lowest BCUT2D eigenvalue weighted by atomic mass is 10.1. The van der Waals surface area contributed by atoms with Crippen molar-refractivity contribution in [3.05, 3.63) is 29.1 Å². The minimum Gasteiger partial charge on any atom is -0.464 e. The van der Waals surface area contributed by atoms with E-state index < -0.39 is 6.04 Å². The lowest BCUT2D eigenvalue weighted by Gasteiger charge is -2.10. The molecule has 2 rings (SSSR count). The largest absolute Gasteiger partial charge is 0.464 e. The van der Waals surface area contributed by atoms with Gasteiger partial charge in [-0.2, -0.15) is 0 Å². The number of aryl methyl sites for hydroxylation is 1. The van der Waals surface area contributed by atoms with Gasteiger partial charge in [0.1, 0.15) is 11.9 Å². The molecule has 4 heteroatoms. The number of carbonyl (C=O) groups excluding carboxylic acids is 1. The van der Waals surface area contributed by atoms with Crippen LogP contribution in [0.25, 0.3) is 0 Å². The molecule has 0 aliphatic carbocycles. The normalized spacial score (nSPS) is 17.8. The maximum atomic E-state index is 13.5. The number of carbonyl (C=O) groups is 1. The highest BCUT2D eigenvalue weighted by molar-refractivity contribution is 5.83. The summed E-state index contributed by atoms with van der Waals surface area (Å²) in [6, 6.07) is 2.68. The SMILES string of the molecule is CCOC(=O)[C@@H]1Cc2c(F)ccc(C)c2N1. The van der Waals surface area contributed by atoms with Gasteiger partial charge in [0.15, 0.2) is 0 Å². The van der Waals surface area contributed by atoms with E-state index in [1.54, 1.807) is 13.0 Å². The van der Waals surface area contributed by atoms with Crippen molar-refractivity contribution in [1.82, 2.24) is 0 Å². The van der Waals surface area contributed by atoms with E-state index in [1.807, 2.05) is 6.92 Å². The minimum atomic E-state index is -0.453. The molecule has 0 spiro atoms. The minimum absolute atomic E-state index is 0.264. The molecule has 0 radical (unpaired) electrons. The number of halogens is 1. The zero-order valence-electron chi connectivity index (χ0n) is 9.34. The molecule has 1 aromatic rings. The number of hydrogen-bond acceptors (Lipinski definition) is 3. The van der Waals surface area contributed by atoms with Crippen molar-refractivity contribution in [3.8, 4) is 0 Å². The van der Waals surface area contributed by atoms with Crippen LogP contribution >= 0.6 is 0 Å². The summed E-state index contributed by atoms with van der Waals surface area (Å²) >= 11 is 0.